The molecule has 0 aromatic heterocycles. The fraction of sp³-hybridized carbons (Fsp3) is 0.333. The number of aromatic hydroxyl groups is 1. The van der Waals surface area contributed by atoms with Gasteiger partial charge in [-0.2, -0.15) is 0 Å². The van der Waals surface area contributed by atoms with Gasteiger partial charge < -0.3 is 9.84 Å². The molecule has 3 heteroatoms. The smallest absolute Gasteiger partial charge is 0.118 e. The number of para-hydroxylation sites is 1. The Morgan fingerprint density at radius 2 is 2.08 bits per heavy atom. The van der Waals surface area contributed by atoms with E-state index in [-0.39, 0.29) is 4.70 Å². The quantitative estimate of drug-likeness (QED) is 0.682. The summed E-state index contributed by atoms with van der Waals surface area (Å²) in [5, 5.41) is 9.33. The number of rotatable bonds is 2. The van der Waals surface area contributed by atoms with Crippen molar-refractivity contribution >= 4 is 0 Å². The Balaban J connectivity index is 0.000000720. The molecule has 12 heavy (non-hydrogen) atoms. The number of halogens is 1. The van der Waals surface area contributed by atoms with E-state index in [0.717, 1.165) is 18.6 Å². The van der Waals surface area contributed by atoms with Crippen LogP contribution in [0.1, 0.15) is 5.56 Å². The van der Waals surface area contributed by atoms with Gasteiger partial charge in [-0.3, -0.25) is 4.70 Å². The normalized spacial score (nSPS) is 19.8. The molecule has 1 unspecified atom stereocenters. The van der Waals surface area contributed by atoms with Crippen LogP contribution in [0.25, 0.3) is 0 Å². The fourth-order valence-corrected chi connectivity index (χ4v) is 1.11. The van der Waals surface area contributed by atoms with Crippen molar-refractivity contribution in [3.05, 3.63) is 29.8 Å². The lowest BCUT2D eigenvalue weighted by Gasteiger charge is -1.99. The molecule has 2 nitrogen and oxygen atoms in total. The van der Waals surface area contributed by atoms with Crippen LogP contribution in [0.2, 0.25) is 0 Å². The zero-order valence-electron chi connectivity index (χ0n) is 6.56. The predicted octanol–water partition coefficient (Wildman–Crippen LogP) is 1.49. The van der Waals surface area contributed by atoms with Gasteiger partial charge in [-0.25, -0.2) is 0 Å². The summed E-state index contributed by atoms with van der Waals surface area (Å²) in [7, 11) is 0. The maximum absolute atomic E-state index is 9.33. The third-order valence-corrected chi connectivity index (χ3v) is 1.84. The SMILES string of the molecule is F.Oc1ccccc1CC1CO1. The van der Waals surface area contributed by atoms with Crippen LogP contribution in [0.4, 0.5) is 4.70 Å². The van der Waals surface area contributed by atoms with Gasteiger partial charge in [-0.05, 0) is 11.6 Å². The van der Waals surface area contributed by atoms with Gasteiger partial charge in [0.1, 0.15) is 5.75 Å². The molecule has 0 saturated carbocycles. The number of epoxide rings is 1. The van der Waals surface area contributed by atoms with E-state index in [1.807, 2.05) is 18.2 Å². The lowest BCUT2D eigenvalue weighted by atomic mass is 10.1. The molecular weight excluding hydrogens is 159 g/mol. The Kier molecular flexibility index (Phi) is 2.65. The molecule has 1 aliphatic rings. The van der Waals surface area contributed by atoms with Gasteiger partial charge in [0.05, 0.1) is 12.7 Å². The minimum Gasteiger partial charge on any atom is -0.508 e. The van der Waals surface area contributed by atoms with Gasteiger partial charge in [-0.15, -0.1) is 0 Å². The molecule has 66 valence electrons. The molecule has 1 aliphatic heterocycles. The summed E-state index contributed by atoms with van der Waals surface area (Å²) in [6, 6.07) is 7.39. The standard InChI is InChI=1S/C9H10O2.FH/c10-9-4-2-1-3-7(9)5-8-6-11-8;/h1-4,8,10H,5-6H2;1H. The first-order chi connectivity index (χ1) is 5.36. The highest BCUT2D eigenvalue weighted by atomic mass is 19.0. The molecule has 1 saturated heterocycles. The first-order valence-electron chi connectivity index (χ1n) is 3.75. The fourth-order valence-electron chi connectivity index (χ4n) is 1.11. The monoisotopic (exact) mass is 170 g/mol. The highest BCUT2D eigenvalue weighted by molar-refractivity contribution is 5.32. The minimum atomic E-state index is 0. The van der Waals surface area contributed by atoms with E-state index in [9.17, 15) is 5.11 Å². The van der Waals surface area contributed by atoms with Crippen molar-refractivity contribution in [3.63, 3.8) is 0 Å². The summed E-state index contributed by atoms with van der Waals surface area (Å²) in [5.74, 6) is 0.378. The molecule has 2 rings (SSSR count). The van der Waals surface area contributed by atoms with Gasteiger partial charge in [-0.1, -0.05) is 18.2 Å². The van der Waals surface area contributed by atoms with Gasteiger partial charge >= 0.3 is 0 Å². The van der Waals surface area contributed by atoms with Crippen molar-refractivity contribution in [2.75, 3.05) is 6.61 Å². The van der Waals surface area contributed by atoms with Crippen LogP contribution >= 0.6 is 0 Å². The molecule has 1 heterocycles. The van der Waals surface area contributed by atoms with Gasteiger partial charge in [0.2, 0.25) is 0 Å². The van der Waals surface area contributed by atoms with Gasteiger partial charge in [0, 0.05) is 6.42 Å². The second-order valence-electron chi connectivity index (χ2n) is 2.79. The van der Waals surface area contributed by atoms with Crippen LogP contribution in [0.5, 0.6) is 5.75 Å². The molecular formula is C9H11FO2. The Morgan fingerprint density at radius 1 is 1.42 bits per heavy atom. The molecule has 1 aromatic carbocycles. The number of hydrogen-bond acceptors (Lipinski definition) is 2. The first kappa shape index (κ1) is 9.00. The first-order valence-corrected chi connectivity index (χ1v) is 3.75. The maximum Gasteiger partial charge on any atom is 0.118 e. The summed E-state index contributed by atoms with van der Waals surface area (Å²) in [5.41, 5.74) is 0.981. The van der Waals surface area contributed by atoms with Crippen molar-refractivity contribution < 1.29 is 14.5 Å². The van der Waals surface area contributed by atoms with E-state index in [0.29, 0.717) is 11.9 Å². The van der Waals surface area contributed by atoms with E-state index in [1.54, 1.807) is 6.07 Å². The second kappa shape index (κ2) is 3.54. The number of phenols is 1. The predicted molar refractivity (Wildman–Crippen MR) is 44.1 cm³/mol. The number of benzene rings is 1. The summed E-state index contributed by atoms with van der Waals surface area (Å²) in [4.78, 5) is 0. The molecule has 1 atom stereocenters. The molecule has 1 aromatic rings. The Labute approximate surface area is 70.2 Å². The van der Waals surface area contributed by atoms with Crippen molar-refractivity contribution in [2.45, 2.75) is 12.5 Å². The third kappa shape index (κ3) is 1.95. The molecule has 1 fully saturated rings. The third-order valence-electron chi connectivity index (χ3n) is 1.84. The zero-order valence-corrected chi connectivity index (χ0v) is 6.56. The highest BCUT2D eigenvalue weighted by Crippen LogP contribution is 2.22. The Bertz CT molecular complexity index is 258. The van der Waals surface area contributed by atoms with Crippen LogP contribution in [0, 0.1) is 0 Å². The number of ether oxygens (including phenoxy) is 1. The van der Waals surface area contributed by atoms with Gasteiger partial charge in [0.25, 0.3) is 0 Å². The van der Waals surface area contributed by atoms with Crippen LogP contribution in [0.3, 0.4) is 0 Å². The Hall–Kier alpha value is -1.09. The van der Waals surface area contributed by atoms with E-state index in [2.05, 4.69) is 0 Å². The largest absolute Gasteiger partial charge is 0.508 e. The molecule has 1 N–H and O–H groups in total. The van der Waals surface area contributed by atoms with E-state index >= 15 is 0 Å². The highest BCUT2D eigenvalue weighted by Gasteiger charge is 2.23. The minimum absolute atomic E-state index is 0. The van der Waals surface area contributed by atoms with E-state index in [4.69, 9.17) is 4.74 Å². The topological polar surface area (TPSA) is 32.8 Å². The zero-order chi connectivity index (χ0) is 7.68. The maximum atomic E-state index is 9.33. The molecule has 0 spiro atoms. The summed E-state index contributed by atoms with van der Waals surface area (Å²) < 4.78 is 5.06. The molecule has 0 radical (unpaired) electrons. The van der Waals surface area contributed by atoms with Crippen LogP contribution in [-0.2, 0) is 11.2 Å². The van der Waals surface area contributed by atoms with Crippen molar-refractivity contribution in [3.8, 4) is 5.75 Å². The van der Waals surface area contributed by atoms with Crippen molar-refractivity contribution in [2.24, 2.45) is 0 Å². The number of hydrogen-bond donors (Lipinski definition) is 1. The average molecular weight is 170 g/mol. The molecule has 0 aliphatic carbocycles. The summed E-state index contributed by atoms with van der Waals surface area (Å²) in [6.45, 7) is 0.842. The van der Waals surface area contributed by atoms with Crippen molar-refractivity contribution in [1.82, 2.24) is 0 Å². The van der Waals surface area contributed by atoms with Crippen molar-refractivity contribution in [1.29, 1.82) is 0 Å². The lowest BCUT2D eigenvalue weighted by Crippen LogP contribution is -1.92. The van der Waals surface area contributed by atoms with E-state index < -0.39 is 0 Å². The number of phenolic OH excluding ortho intramolecular Hbond substituents is 1. The molecule has 0 bridgehead atoms. The summed E-state index contributed by atoms with van der Waals surface area (Å²) in [6.07, 6.45) is 1.19. The average Bonchev–Trinajstić information content (AvgIpc) is 2.78. The Morgan fingerprint density at radius 3 is 2.67 bits per heavy atom. The van der Waals surface area contributed by atoms with Gasteiger partial charge in [0.15, 0.2) is 0 Å². The second-order valence-corrected chi connectivity index (χ2v) is 2.79. The van der Waals surface area contributed by atoms with Crippen LogP contribution in [-0.4, -0.2) is 17.8 Å². The van der Waals surface area contributed by atoms with Crippen LogP contribution in [0.15, 0.2) is 24.3 Å². The molecule has 0 amide bonds. The summed E-state index contributed by atoms with van der Waals surface area (Å²) >= 11 is 0. The van der Waals surface area contributed by atoms with Crippen LogP contribution < -0.4 is 0 Å². The lowest BCUT2D eigenvalue weighted by molar-refractivity contribution is 0.402. The van der Waals surface area contributed by atoms with E-state index in [1.165, 1.54) is 0 Å².